The number of fused-ring (bicyclic) bond motifs is 1. The van der Waals surface area contributed by atoms with Crippen molar-refractivity contribution in [1.82, 2.24) is 26.3 Å². The van der Waals surface area contributed by atoms with Crippen LogP contribution in [0.1, 0.15) is 17.5 Å². The van der Waals surface area contributed by atoms with Crippen molar-refractivity contribution in [2.45, 2.75) is 37.4 Å². The SMILES string of the molecule is NCCC(=O)NCC(=O)N[C@@H](Cc1ccc(Cl)cc1Cl)C(=O)N[C@@H](CS)C(=O)N[C@@H](Cc1c[nH]c2ccccc12)C(N)=O. The number of rotatable bonds is 15. The molecule has 0 spiro atoms. The molecule has 230 valence electrons. The number of hydrogen-bond donors (Lipinski definition) is 8. The summed E-state index contributed by atoms with van der Waals surface area (Å²) >= 11 is 16.5. The summed E-state index contributed by atoms with van der Waals surface area (Å²) < 4.78 is 0. The predicted octanol–water partition coefficient (Wildman–Crippen LogP) is 0.594. The molecule has 0 bridgehead atoms. The number of aromatic nitrogens is 1. The van der Waals surface area contributed by atoms with Crippen molar-refractivity contribution in [2.24, 2.45) is 11.5 Å². The van der Waals surface area contributed by atoms with Crippen LogP contribution < -0.4 is 32.7 Å². The van der Waals surface area contributed by atoms with Gasteiger partial charge in [-0.25, -0.2) is 0 Å². The Morgan fingerprint density at radius 2 is 1.53 bits per heavy atom. The van der Waals surface area contributed by atoms with Crippen molar-refractivity contribution in [3.8, 4) is 0 Å². The molecule has 0 radical (unpaired) electrons. The first-order valence-corrected chi connectivity index (χ1v) is 14.7. The molecular formula is C28H33Cl2N7O5S. The quantitative estimate of drug-likeness (QED) is 0.111. The van der Waals surface area contributed by atoms with E-state index in [1.165, 1.54) is 6.07 Å². The zero-order valence-electron chi connectivity index (χ0n) is 23.0. The molecule has 0 saturated carbocycles. The molecule has 2 aromatic carbocycles. The lowest BCUT2D eigenvalue weighted by Crippen LogP contribution is -2.58. The van der Waals surface area contributed by atoms with Gasteiger partial charge in [0.1, 0.15) is 18.1 Å². The number of carbonyl (C=O) groups excluding carboxylic acids is 5. The predicted molar refractivity (Wildman–Crippen MR) is 168 cm³/mol. The first-order chi connectivity index (χ1) is 20.5. The Labute approximate surface area is 263 Å². The van der Waals surface area contributed by atoms with Crippen LogP contribution in [0.4, 0.5) is 0 Å². The number of H-pyrrole nitrogens is 1. The average molecular weight is 651 g/mol. The van der Waals surface area contributed by atoms with Crippen molar-refractivity contribution in [3.05, 3.63) is 69.8 Å². The third-order valence-corrected chi connectivity index (χ3v) is 7.43. The van der Waals surface area contributed by atoms with Crippen LogP contribution in [0.5, 0.6) is 0 Å². The van der Waals surface area contributed by atoms with Gasteiger partial charge in [0.25, 0.3) is 0 Å². The number of nitrogens with one attached hydrogen (secondary N) is 5. The summed E-state index contributed by atoms with van der Waals surface area (Å²) in [5, 5.41) is 11.6. The molecule has 43 heavy (non-hydrogen) atoms. The molecule has 0 fully saturated rings. The Hall–Kier alpha value is -3.78. The molecule has 0 saturated heterocycles. The molecule has 0 unspecified atom stereocenters. The van der Waals surface area contributed by atoms with Crippen LogP contribution >= 0.6 is 35.8 Å². The second-order valence-electron chi connectivity index (χ2n) is 9.65. The summed E-state index contributed by atoms with van der Waals surface area (Å²) in [6, 6.07) is 8.67. The molecular weight excluding hydrogens is 617 g/mol. The molecule has 0 aliphatic rings. The number of para-hydroxylation sites is 1. The molecule has 0 aliphatic heterocycles. The van der Waals surface area contributed by atoms with E-state index in [-0.39, 0.29) is 36.6 Å². The minimum Gasteiger partial charge on any atom is -0.368 e. The maximum Gasteiger partial charge on any atom is 0.244 e. The van der Waals surface area contributed by atoms with E-state index in [0.717, 1.165) is 16.5 Å². The van der Waals surface area contributed by atoms with Gasteiger partial charge in [-0.2, -0.15) is 12.6 Å². The summed E-state index contributed by atoms with van der Waals surface area (Å²) in [7, 11) is 0. The average Bonchev–Trinajstić information content (AvgIpc) is 3.38. The fraction of sp³-hybridized carbons (Fsp3) is 0.321. The van der Waals surface area contributed by atoms with E-state index < -0.39 is 54.2 Å². The van der Waals surface area contributed by atoms with Crippen LogP contribution in [0.3, 0.4) is 0 Å². The van der Waals surface area contributed by atoms with Crippen molar-refractivity contribution < 1.29 is 24.0 Å². The van der Waals surface area contributed by atoms with E-state index in [4.69, 9.17) is 34.7 Å². The number of hydrogen-bond acceptors (Lipinski definition) is 7. The van der Waals surface area contributed by atoms with Gasteiger partial charge in [0.15, 0.2) is 0 Å². The van der Waals surface area contributed by atoms with Crippen LogP contribution in [0.25, 0.3) is 10.9 Å². The molecule has 3 aromatic rings. The van der Waals surface area contributed by atoms with Gasteiger partial charge in [-0.3, -0.25) is 24.0 Å². The fourth-order valence-corrected chi connectivity index (χ4v) is 4.98. The highest BCUT2D eigenvalue weighted by Crippen LogP contribution is 2.22. The van der Waals surface area contributed by atoms with Gasteiger partial charge >= 0.3 is 0 Å². The Morgan fingerprint density at radius 1 is 0.860 bits per heavy atom. The number of amides is 5. The van der Waals surface area contributed by atoms with Crippen molar-refractivity contribution >= 4 is 76.3 Å². The monoisotopic (exact) mass is 649 g/mol. The van der Waals surface area contributed by atoms with E-state index in [2.05, 4.69) is 38.9 Å². The van der Waals surface area contributed by atoms with Gasteiger partial charge in [-0.15, -0.1) is 0 Å². The van der Waals surface area contributed by atoms with E-state index in [0.29, 0.717) is 10.6 Å². The summed E-state index contributed by atoms with van der Waals surface area (Å²) in [6.07, 6.45) is 1.82. The topological polar surface area (TPSA) is 201 Å². The molecule has 3 atom stereocenters. The maximum absolute atomic E-state index is 13.4. The lowest BCUT2D eigenvalue weighted by atomic mass is 10.0. The van der Waals surface area contributed by atoms with Crippen molar-refractivity contribution in [2.75, 3.05) is 18.8 Å². The number of thiol groups is 1. The third kappa shape index (κ3) is 9.89. The van der Waals surface area contributed by atoms with E-state index in [9.17, 15) is 24.0 Å². The van der Waals surface area contributed by atoms with Gasteiger partial charge in [-0.1, -0.05) is 47.5 Å². The molecule has 9 N–H and O–H groups in total. The first-order valence-electron chi connectivity index (χ1n) is 13.3. The largest absolute Gasteiger partial charge is 0.368 e. The Balaban J connectivity index is 1.72. The molecule has 1 heterocycles. The second-order valence-corrected chi connectivity index (χ2v) is 10.9. The number of primary amides is 1. The van der Waals surface area contributed by atoms with Crippen LogP contribution in [0.2, 0.25) is 10.0 Å². The number of aromatic amines is 1. The molecule has 1 aromatic heterocycles. The first kappa shape index (κ1) is 33.7. The highest BCUT2D eigenvalue weighted by Gasteiger charge is 2.29. The number of carbonyl (C=O) groups is 5. The minimum atomic E-state index is -1.20. The minimum absolute atomic E-state index is 0.0307. The lowest BCUT2D eigenvalue weighted by molar-refractivity contribution is -0.133. The Bertz CT molecular complexity index is 1480. The van der Waals surface area contributed by atoms with E-state index >= 15 is 0 Å². The highest BCUT2D eigenvalue weighted by atomic mass is 35.5. The van der Waals surface area contributed by atoms with Crippen LogP contribution in [-0.2, 0) is 36.8 Å². The number of benzene rings is 2. The fourth-order valence-electron chi connectivity index (χ4n) is 4.24. The highest BCUT2D eigenvalue weighted by molar-refractivity contribution is 7.80. The normalized spacial score (nSPS) is 13.0. The van der Waals surface area contributed by atoms with Crippen LogP contribution in [0, 0.1) is 0 Å². The molecule has 3 rings (SSSR count). The summed E-state index contributed by atoms with van der Waals surface area (Å²) in [5.41, 5.74) is 13.1. The van der Waals surface area contributed by atoms with Gasteiger partial charge < -0.3 is 37.7 Å². The van der Waals surface area contributed by atoms with E-state index in [1.807, 2.05) is 24.3 Å². The number of halogens is 2. The lowest BCUT2D eigenvalue weighted by Gasteiger charge is -2.24. The standard InChI is InChI=1S/C28H33Cl2N7O5S/c29-17-6-5-15(19(30)11-17)9-22(35-25(39)13-34-24(38)7-8-31)27(41)37-23(14-43)28(42)36-21(26(32)40)10-16-12-33-20-4-2-1-3-18(16)20/h1-6,11-12,21-23,33,43H,7-10,13-14,31H2,(H2,32,40)(H,34,38)(H,35,39)(H,36,42)(H,37,41)/t21-,22-,23-/m0/s1. The third-order valence-electron chi connectivity index (χ3n) is 6.48. The molecule has 0 aliphatic carbocycles. The van der Waals surface area contributed by atoms with Gasteiger partial charge in [0, 0.05) is 58.7 Å². The summed E-state index contributed by atoms with van der Waals surface area (Å²) in [5.74, 6) is -3.40. The summed E-state index contributed by atoms with van der Waals surface area (Å²) in [4.78, 5) is 66.3. The molecule has 15 heteroatoms. The smallest absolute Gasteiger partial charge is 0.244 e. The Morgan fingerprint density at radius 3 is 2.21 bits per heavy atom. The van der Waals surface area contributed by atoms with E-state index in [1.54, 1.807) is 18.3 Å². The second kappa shape index (κ2) is 16.2. The number of nitrogens with two attached hydrogens (primary N) is 2. The molecule has 5 amide bonds. The molecule has 12 nitrogen and oxygen atoms in total. The van der Waals surface area contributed by atoms with Crippen LogP contribution in [0.15, 0.2) is 48.7 Å². The van der Waals surface area contributed by atoms with Gasteiger partial charge in [-0.05, 0) is 29.3 Å². The Kier molecular flexibility index (Phi) is 12.7. The van der Waals surface area contributed by atoms with Gasteiger partial charge in [0.05, 0.1) is 6.54 Å². The summed E-state index contributed by atoms with van der Waals surface area (Å²) in [6.45, 7) is -0.291. The van der Waals surface area contributed by atoms with Crippen LogP contribution in [-0.4, -0.2) is 71.5 Å². The zero-order valence-corrected chi connectivity index (χ0v) is 25.4. The van der Waals surface area contributed by atoms with Gasteiger partial charge in [0.2, 0.25) is 29.5 Å². The maximum atomic E-state index is 13.4. The zero-order chi connectivity index (χ0) is 31.5. The van der Waals surface area contributed by atoms with Crippen molar-refractivity contribution in [1.29, 1.82) is 0 Å². The van der Waals surface area contributed by atoms with Crippen molar-refractivity contribution in [3.63, 3.8) is 0 Å².